The second-order valence-corrected chi connectivity index (χ2v) is 5.13. The van der Waals surface area contributed by atoms with Crippen molar-refractivity contribution in [1.82, 2.24) is 25.0 Å². The minimum atomic E-state index is -0.00373. The van der Waals surface area contributed by atoms with Crippen LogP contribution in [0, 0.1) is 0 Å². The molecule has 1 fully saturated rings. The highest BCUT2D eigenvalue weighted by molar-refractivity contribution is 5.81. The van der Waals surface area contributed by atoms with Crippen molar-refractivity contribution in [3.63, 3.8) is 0 Å². The topological polar surface area (TPSA) is 63.1 Å². The number of carbonyl (C=O) groups excluding carboxylic acids is 1. The molecule has 3 heterocycles. The van der Waals surface area contributed by atoms with Gasteiger partial charge in [-0.2, -0.15) is 0 Å². The van der Waals surface area contributed by atoms with E-state index in [1.807, 2.05) is 7.05 Å². The van der Waals surface area contributed by atoms with E-state index in [2.05, 4.69) is 20.1 Å². The number of nitrogens with one attached hydrogen (secondary N) is 1. The van der Waals surface area contributed by atoms with Crippen LogP contribution in [-0.4, -0.2) is 45.2 Å². The van der Waals surface area contributed by atoms with E-state index in [-0.39, 0.29) is 11.9 Å². The van der Waals surface area contributed by atoms with Crippen molar-refractivity contribution in [2.24, 2.45) is 0 Å². The summed E-state index contributed by atoms with van der Waals surface area (Å²) in [5.74, 6) is 2.14. The highest BCUT2D eigenvalue weighted by Gasteiger charge is 2.26. The van der Waals surface area contributed by atoms with Gasteiger partial charge in [0, 0.05) is 20.0 Å². The van der Waals surface area contributed by atoms with E-state index in [0.717, 1.165) is 50.4 Å². The summed E-state index contributed by atoms with van der Waals surface area (Å²) in [6.07, 6.45) is 4.18. The summed E-state index contributed by atoms with van der Waals surface area (Å²) in [7, 11) is 1.85. The molecule has 0 saturated carbocycles. The third-order valence-electron chi connectivity index (χ3n) is 3.80. The Bertz CT molecular complexity index is 449. The van der Waals surface area contributed by atoms with Crippen LogP contribution in [-0.2, 0) is 24.3 Å². The predicted molar refractivity (Wildman–Crippen MR) is 65.8 cm³/mol. The molecule has 1 N–H and O–H groups in total. The number of hydrogen-bond donors (Lipinski definition) is 1. The maximum absolute atomic E-state index is 12.2. The quantitative estimate of drug-likeness (QED) is 0.815. The fourth-order valence-electron chi connectivity index (χ4n) is 2.78. The zero-order chi connectivity index (χ0) is 12.5. The van der Waals surface area contributed by atoms with Crippen molar-refractivity contribution < 1.29 is 4.79 Å². The van der Waals surface area contributed by atoms with E-state index in [0.29, 0.717) is 6.54 Å². The van der Waals surface area contributed by atoms with Crippen molar-refractivity contribution in [2.75, 3.05) is 13.6 Å². The van der Waals surface area contributed by atoms with Crippen LogP contribution < -0.4 is 5.32 Å². The van der Waals surface area contributed by atoms with Gasteiger partial charge in [-0.1, -0.05) is 0 Å². The number of hydrogen-bond acceptors (Lipinski definition) is 4. The Balaban J connectivity index is 1.66. The maximum Gasteiger partial charge on any atom is 0.239 e. The molecule has 1 saturated heterocycles. The van der Waals surface area contributed by atoms with E-state index in [1.54, 1.807) is 4.90 Å². The van der Waals surface area contributed by atoms with Crippen molar-refractivity contribution in [1.29, 1.82) is 0 Å². The second-order valence-electron chi connectivity index (χ2n) is 5.13. The summed E-state index contributed by atoms with van der Waals surface area (Å²) in [5.41, 5.74) is 0. The van der Waals surface area contributed by atoms with Gasteiger partial charge >= 0.3 is 0 Å². The van der Waals surface area contributed by atoms with Crippen LogP contribution >= 0.6 is 0 Å². The molecule has 0 radical (unpaired) electrons. The van der Waals surface area contributed by atoms with Crippen molar-refractivity contribution in [3.8, 4) is 0 Å². The van der Waals surface area contributed by atoms with Crippen molar-refractivity contribution >= 4 is 5.91 Å². The Morgan fingerprint density at radius 3 is 3.17 bits per heavy atom. The van der Waals surface area contributed by atoms with Gasteiger partial charge in [-0.15, -0.1) is 10.2 Å². The molecule has 0 bridgehead atoms. The summed E-state index contributed by atoms with van der Waals surface area (Å²) < 4.78 is 2.14. The molecular weight excluding hydrogens is 230 g/mol. The molecule has 0 unspecified atom stereocenters. The summed E-state index contributed by atoms with van der Waals surface area (Å²) in [6, 6.07) is -0.00373. The number of aromatic nitrogens is 3. The van der Waals surface area contributed by atoms with Crippen LogP contribution in [0.3, 0.4) is 0 Å². The summed E-state index contributed by atoms with van der Waals surface area (Å²) in [4.78, 5) is 13.9. The van der Waals surface area contributed by atoms with Crippen LogP contribution in [0.1, 0.15) is 30.9 Å². The zero-order valence-corrected chi connectivity index (χ0v) is 10.7. The van der Waals surface area contributed by atoms with E-state index in [1.165, 1.54) is 0 Å². The lowest BCUT2D eigenvalue weighted by Crippen LogP contribution is -2.41. The van der Waals surface area contributed by atoms with E-state index >= 15 is 0 Å². The summed E-state index contributed by atoms with van der Waals surface area (Å²) >= 11 is 0. The average molecular weight is 249 g/mol. The second kappa shape index (κ2) is 4.68. The molecule has 18 heavy (non-hydrogen) atoms. The van der Waals surface area contributed by atoms with Crippen molar-refractivity contribution in [2.45, 2.75) is 44.8 Å². The summed E-state index contributed by atoms with van der Waals surface area (Å²) in [6.45, 7) is 2.50. The van der Waals surface area contributed by atoms with Gasteiger partial charge in [-0.25, -0.2) is 0 Å². The molecule has 6 nitrogen and oxygen atoms in total. The minimum Gasteiger partial charge on any atom is -0.337 e. The van der Waals surface area contributed by atoms with E-state index in [4.69, 9.17) is 0 Å². The SMILES string of the molecule is CN(Cc1nnc2n1CCC2)C(=O)[C@H]1CCCN1. The minimum absolute atomic E-state index is 0.00373. The number of rotatable bonds is 3. The number of aryl methyl sites for hydroxylation is 1. The number of amides is 1. The van der Waals surface area contributed by atoms with Gasteiger partial charge in [0.05, 0.1) is 12.6 Å². The van der Waals surface area contributed by atoms with Gasteiger partial charge in [-0.3, -0.25) is 4.79 Å². The summed E-state index contributed by atoms with van der Waals surface area (Å²) in [5, 5.41) is 11.6. The molecule has 98 valence electrons. The number of nitrogens with zero attached hydrogens (tertiary/aromatic N) is 4. The van der Waals surface area contributed by atoms with Gasteiger partial charge in [-0.05, 0) is 25.8 Å². The fraction of sp³-hybridized carbons (Fsp3) is 0.750. The van der Waals surface area contributed by atoms with Gasteiger partial charge in [0.2, 0.25) is 5.91 Å². The fourth-order valence-corrected chi connectivity index (χ4v) is 2.78. The molecular formula is C12H19N5O. The van der Waals surface area contributed by atoms with Crippen LogP contribution in [0.2, 0.25) is 0 Å². The Hall–Kier alpha value is -1.43. The van der Waals surface area contributed by atoms with Crippen LogP contribution in [0.25, 0.3) is 0 Å². The smallest absolute Gasteiger partial charge is 0.239 e. The van der Waals surface area contributed by atoms with E-state index in [9.17, 15) is 4.79 Å². The molecule has 2 aliphatic rings. The Morgan fingerprint density at radius 2 is 2.39 bits per heavy atom. The first-order valence-electron chi connectivity index (χ1n) is 6.65. The number of fused-ring (bicyclic) bond motifs is 1. The molecule has 0 aromatic carbocycles. The first kappa shape index (κ1) is 11.6. The lowest BCUT2D eigenvalue weighted by atomic mass is 10.2. The largest absolute Gasteiger partial charge is 0.337 e. The molecule has 1 aromatic heterocycles. The third-order valence-corrected chi connectivity index (χ3v) is 3.80. The van der Waals surface area contributed by atoms with Gasteiger partial charge in [0.1, 0.15) is 5.82 Å². The first-order valence-corrected chi connectivity index (χ1v) is 6.65. The lowest BCUT2D eigenvalue weighted by Gasteiger charge is -2.20. The molecule has 0 spiro atoms. The van der Waals surface area contributed by atoms with E-state index < -0.39 is 0 Å². The number of carbonyl (C=O) groups is 1. The van der Waals surface area contributed by atoms with Gasteiger partial charge in [0.15, 0.2) is 5.82 Å². The molecule has 6 heteroatoms. The highest BCUT2D eigenvalue weighted by Crippen LogP contribution is 2.16. The Morgan fingerprint density at radius 1 is 1.50 bits per heavy atom. The third kappa shape index (κ3) is 2.01. The zero-order valence-electron chi connectivity index (χ0n) is 10.7. The Kier molecular flexibility index (Phi) is 3.03. The Labute approximate surface area is 106 Å². The van der Waals surface area contributed by atoms with Crippen LogP contribution in [0.5, 0.6) is 0 Å². The molecule has 1 aromatic rings. The molecule has 3 rings (SSSR count). The van der Waals surface area contributed by atoms with Crippen molar-refractivity contribution in [3.05, 3.63) is 11.6 Å². The monoisotopic (exact) mass is 249 g/mol. The molecule has 2 aliphatic heterocycles. The van der Waals surface area contributed by atoms with Crippen LogP contribution in [0.15, 0.2) is 0 Å². The highest BCUT2D eigenvalue weighted by atomic mass is 16.2. The molecule has 1 atom stereocenters. The predicted octanol–water partition coefficient (Wildman–Crippen LogP) is -0.0653. The van der Waals surface area contributed by atoms with Gasteiger partial charge in [0.25, 0.3) is 0 Å². The first-order chi connectivity index (χ1) is 8.75. The molecule has 0 aliphatic carbocycles. The lowest BCUT2D eigenvalue weighted by molar-refractivity contribution is -0.132. The standard InChI is InChI=1S/C12H19N5O/c1-16(12(18)9-4-2-6-13-9)8-11-15-14-10-5-3-7-17(10)11/h9,13H,2-8H2,1H3/t9-/m1/s1. The average Bonchev–Trinajstić information content (AvgIpc) is 3.06. The van der Waals surface area contributed by atoms with Crippen LogP contribution in [0.4, 0.5) is 0 Å². The van der Waals surface area contributed by atoms with Gasteiger partial charge < -0.3 is 14.8 Å². The molecule has 1 amide bonds. The number of likely N-dealkylation sites (N-methyl/N-ethyl adjacent to an activating group) is 1. The normalized spacial score (nSPS) is 22.2. The maximum atomic E-state index is 12.2.